The maximum absolute atomic E-state index is 5.40. The molecule has 1 aliphatic heterocycles. The Balaban J connectivity index is 1.15. The molecule has 2 bridgehead atoms. The van der Waals surface area contributed by atoms with E-state index < -0.39 is 0 Å². The third-order valence-electron chi connectivity index (χ3n) is 6.39. The molecule has 1 aromatic carbocycles. The van der Waals surface area contributed by atoms with Crippen LogP contribution in [-0.4, -0.2) is 17.6 Å². The molecule has 2 N–H and O–H groups in total. The number of rotatable bonds is 3. The van der Waals surface area contributed by atoms with Crippen molar-refractivity contribution in [3.05, 3.63) is 23.8 Å². The van der Waals surface area contributed by atoms with E-state index in [2.05, 4.69) is 15.8 Å². The molecule has 0 unspecified atom stereocenters. The van der Waals surface area contributed by atoms with Crippen molar-refractivity contribution in [2.75, 3.05) is 6.79 Å². The van der Waals surface area contributed by atoms with Crippen LogP contribution in [0.5, 0.6) is 11.5 Å². The van der Waals surface area contributed by atoms with Gasteiger partial charge >= 0.3 is 0 Å². The van der Waals surface area contributed by atoms with Gasteiger partial charge in [-0.25, -0.2) is 0 Å². The number of benzene rings is 1. The second-order valence-electron chi connectivity index (χ2n) is 7.65. The first-order valence-electron chi connectivity index (χ1n) is 9.27. The summed E-state index contributed by atoms with van der Waals surface area (Å²) in [7, 11) is 0. The van der Waals surface area contributed by atoms with E-state index in [0.717, 1.165) is 34.8 Å². The van der Waals surface area contributed by atoms with Crippen molar-refractivity contribution < 1.29 is 9.47 Å². The van der Waals surface area contributed by atoms with Crippen molar-refractivity contribution in [3.8, 4) is 11.5 Å². The van der Waals surface area contributed by atoms with Crippen LogP contribution in [0.3, 0.4) is 0 Å². The Kier molecular flexibility index (Phi) is 3.81. The van der Waals surface area contributed by atoms with Crippen LogP contribution in [0.1, 0.15) is 37.7 Å². The Labute approximate surface area is 153 Å². The van der Waals surface area contributed by atoms with Gasteiger partial charge in [-0.1, -0.05) is 12.5 Å². The average Bonchev–Trinajstić information content (AvgIpc) is 3.39. The number of ether oxygens (including phenoxy) is 2. The molecular formula is C19H23N3O2S. The van der Waals surface area contributed by atoms with Gasteiger partial charge in [0.2, 0.25) is 6.79 Å². The summed E-state index contributed by atoms with van der Waals surface area (Å²) in [5.41, 5.74) is 5.52. The van der Waals surface area contributed by atoms with E-state index in [1.807, 2.05) is 18.2 Å². The van der Waals surface area contributed by atoms with E-state index in [4.69, 9.17) is 21.7 Å². The van der Waals surface area contributed by atoms with Crippen molar-refractivity contribution >= 4 is 23.0 Å². The van der Waals surface area contributed by atoms with Crippen molar-refractivity contribution in [2.24, 2.45) is 28.8 Å². The summed E-state index contributed by atoms with van der Waals surface area (Å²) in [5, 5.41) is 8.46. The molecule has 1 aromatic rings. The highest BCUT2D eigenvalue weighted by atomic mass is 32.1. The summed E-state index contributed by atoms with van der Waals surface area (Å²) in [5.74, 6) is 5.08. The van der Waals surface area contributed by atoms with E-state index in [0.29, 0.717) is 24.4 Å². The van der Waals surface area contributed by atoms with Gasteiger partial charge in [0, 0.05) is 18.2 Å². The molecule has 25 heavy (non-hydrogen) atoms. The zero-order valence-electron chi connectivity index (χ0n) is 14.2. The zero-order valence-corrected chi connectivity index (χ0v) is 15.0. The normalized spacial score (nSPS) is 32.9. The quantitative estimate of drug-likeness (QED) is 0.643. The van der Waals surface area contributed by atoms with E-state index >= 15 is 0 Å². The zero-order chi connectivity index (χ0) is 16.8. The Hall–Kier alpha value is -1.82. The fraction of sp³-hybridized carbons (Fsp3) is 0.579. The molecule has 4 atom stereocenters. The van der Waals surface area contributed by atoms with Crippen molar-refractivity contribution in [1.82, 2.24) is 10.7 Å². The SMILES string of the molecule is S=C(NCc1ccc2c(c1)OCO2)N/N=C1\C[C@H]2C[C@@H]1[C@H]1CCC[C@H]21. The predicted octanol–water partition coefficient (Wildman–Crippen LogP) is 3.19. The number of hydrazone groups is 1. The van der Waals surface area contributed by atoms with E-state index in [-0.39, 0.29) is 0 Å². The molecule has 3 aliphatic carbocycles. The molecule has 4 aliphatic rings. The van der Waals surface area contributed by atoms with Crippen molar-refractivity contribution in [1.29, 1.82) is 0 Å². The van der Waals surface area contributed by atoms with Gasteiger partial charge in [0.1, 0.15) is 0 Å². The predicted molar refractivity (Wildman–Crippen MR) is 99.6 cm³/mol. The fourth-order valence-corrected chi connectivity index (χ4v) is 5.46. The molecule has 0 amide bonds. The number of nitrogens with zero attached hydrogens (tertiary/aromatic N) is 1. The average molecular weight is 357 g/mol. The van der Waals surface area contributed by atoms with Gasteiger partial charge in [0.25, 0.3) is 0 Å². The Morgan fingerprint density at radius 2 is 2.08 bits per heavy atom. The molecular weight excluding hydrogens is 334 g/mol. The first-order chi connectivity index (χ1) is 12.3. The topological polar surface area (TPSA) is 54.9 Å². The van der Waals surface area contributed by atoms with Crippen LogP contribution in [0.25, 0.3) is 0 Å². The van der Waals surface area contributed by atoms with Gasteiger partial charge in [-0.2, -0.15) is 5.10 Å². The first kappa shape index (κ1) is 15.4. The molecule has 1 heterocycles. The fourth-order valence-electron chi connectivity index (χ4n) is 5.34. The molecule has 0 aromatic heterocycles. The maximum Gasteiger partial charge on any atom is 0.231 e. The molecule has 5 rings (SSSR count). The third kappa shape index (κ3) is 2.76. The van der Waals surface area contributed by atoms with Crippen LogP contribution in [0, 0.1) is 23.7 Å². The van der Waals surface area contributed by atoms with E-state index in [9.17, 15) is 0 Å². The summed E-state index contributed by atoms with van der Waals surface area (Å²) in [6, 6.07) is 5.94. The Morgan fingerprint density at radius 3 is 3.04 bits per heavy atom. The number of hydrogen-bond donors (Lipinski definition) is 2. The molecule has 5 nitrogen and oxygen atoms in total. The van der Waals surface area contributed by atoms with Crippen LogP contribution in [0.4, 0.5) is 0 Å². The van der Waals surface area contributed by atoms with Gasteiger partial charge in [-0.05, 0) is 73.4 Å². The highest BCUT2D eigenvalue weighted by Gasteiger charge is 2.52. The molecule has 3 saturated carbocycles. The molecule has 0 radical (unpaired) electrons. The van der Waals surface area contributed by atoms with Gasteiger partial charge in [-0.15, -0.1) is 0 Å². The van der Waals surface area contributed by atoms with Gasteiger partial charge < -0.3 is 14.8 Å². The van der Waals surface area contributed by atoms with E-state index in [1.54, 1.807) is 0 Å². The van der Waals surface area contributed by atoms with Crippen molar-refractivity contribution in [3.63, 3.8) is 0 Å². The largest absolute Gasteiger partial charge is 0.454 e. The summed E-state index contributed by atoms with van der Waals surface area (Å²) < 4.78 is 10.7. The van der Waals surface area contributed by atoms with Crippen LogP contribution in [0.2, 0.25) is 0 Å². The summed E-state index contributed by atoms with van der Waals surface area (Å²) >= 11 is 5.38. The summed E-state index contributed by atoms with van der Waals surface area (Å²) in [4.78, 5) is 0. The van der Waals surface area contributed by atoms with Crippen LogP contribution < -0.4 is 20.2 Å². The lowest BCUT2D eigenvalue weighted by Crippen LogP contribution is -2.34. The molecule has 0 spiro atoms. The highest BCUT2D eigenvalue weighted by Crippen LogP contribution is 2.57. The molecule has 132 valence electrons. The minimum Gasteiger partial charge on any atom is -0.454 e. The van der Waals surface area contributed by atoms with Crippen LogP contribution >= 0.6 is 12.2 Å². The second-order valence-corrected chi connectivity index (χ2v) is 8.06. The molecule has 6 heteroatoms. The summed E-state index contributed by atoms with van der Waals surface area (Å²) in [6.45, 7) is 0.942. The minimum absolute atomic E-state index is 0.299. The minimum atomic E-state index is 0.299. The standard InChI is InChI=1S/C19H23N3O2S/c25-19(20-9-11-4-5-17-18(6-11)24-10-23-17)22-21-16-8-12-7-15(16)14-3-1-2-13(12)14/h4-6,12-15H,1-3,7-10H2,(H2,20,22,25)/b21-16+/t12-,13-,14+,15-/m1/s1. The Morgan fingerprint density at radius 1 is 1.20 bits per heavy atom. The lowest BCUT2D eigenvalue weighted by Gasteiger charge is -2.25. The molecule has 0 saturated heterocycles. The molecule has 3 fully saturated rings. The number of nitrogens with one attached hydrogen (secondary N) is 2. The highest BCUT2D eigenvalue weighted by molar-refractivity contribution is 7.80. The lowest BCUT2D eigenvalue weighted by molar-refractivity contribution is 0.174. The monoisotopic (exact) mass is 357 g/mol. The maximum atomic E-state index is 5.40. The van der Waals surface area contributed by atoms with Crippen LogP contribution in [-0.2, 0) is 6.54 Å². The van der Waals surface area contributed by atoms with Crippen LogP contribution in [0.15, 0.2) is 23.3 Å². The van der Waals surface area contributed by atoms with Gasteiger partial charge in [0.05, 0.1) is 0 Å². The van der Waals surface area contributed by atoms with Gasteiger partial charge in [0.15, 0.2) is 16.6 Å². The first-order valence-corrected chi connectivity index (χ1v) is 9.67. The number of thiocarbonyl (C=S) groups is 1. The van der Waals surface area contributed by atoms with Crippen molar-refractivity contribution in [2.45, 2.75) is 38.6 Å². The van der Waals surface area contributed by atoms with Gasteiger partial charge in [-0.3, -0.25) is 5.43 Å². The summed E-state index contributed by atoms with van der Waals surface area (Å²) in [6.07, 6.45) is 6.79. The number of hydrogen-bond acceptors (Lipinski definition) is 4. The second kappa shape index (κ2) is 6.16. The van der Waals surface area contributed by atoms with E-state index in [1.165, 1.54) is 37.8 Å². The third-order valence-corrected chi connectivity index (χ3v) is 6.63. The number of fused-ring (bicyclic) bond motifs is 6. The Bertz CT molecular complexity index is 735. The lowest BCUT2D eigenvalue weighted by atomic mass is 9.81. The smallest absolute Gasteiger partial charge is 0.231 e.